The van der Waals surface area contributed by atoms with Crippen molar-refractivity contribution in [1.82, 2.24) is 10.2 Å². The van der Waals surface area contributed by atoms with Gasteiger partial charge in [-0.05, 0) is 38.2 Å². The molecule has 0 aromatic heterocycles. The highest BCUT2D eigenvalue weighted by Crippen LogP contribution is 2.12. The van der Waals surface area contributed by atoms with Gasteiger partial charge in [0.1, 0.15) is 5.75 Å². The summed E-state index contributed by atoms with van der Waals surface area (Å²) in [5.74, 6) is 0.973. The van der Waals surface area contributed by atoms with Crippen molar-refractivity contribution in [1.29, 1.82) is 0 Å². The van der Waals surface area contributed by atoms with Crippen molar-refractivity contribution >= 4 is 0 Å². The molecule has 3 heteroatoms. The largest absolute Gasteiger partial charge is 0.494 e. The lowest BCUT2D eigenvalue weighted by Gasteiger charge is -2.11. The summed E-state index contributed by atoms with van der Waals surface area (Å²) in [4.78, 5) is 2.18. The summed E-state index contributed by atoms with van der Waals surface area (Å²) in [7, 11) is 4.17. The van der Waals surface area contributed by atoms with Gasteiger partial charge in [0.25, 0.3) is 0 Å². The van der Waals surface area contributed by atoms with E-state index in [1.807, 2.05) is 0 Å². The maximum absolute atomic E-state index is 5.63. The number of nitrogens with zero attached hydrogens (tertiary/aromatic N) is 1. The topological polar surface area (TPSA) is 24.5 Å². The van der Waals surface area contributed by atoms with Crippen LogP contribution in [0.3, 0.4) is 0 Å². The van der Waals surface area contributed by atoms with Crippen molar-refractivity contribution in [2.24, 2.45) is 0 Å². The molecule has 1 rings (SSSR count). The fourth-order valence-corrected chi connectivity index (χ4v) is 1.57. The molecule has 0 radical (unpaired) electrons. The van der Waals surface area contributed by atoms with E-state index in [1.54, 1.807) is 0 Å². The molecular weight excluding hydrogens is 224 g/mol. The third-order valence-electron chi connectivity index (χ3n) is 2.75. The van der Waals surface area contributed by atoms with Crippen molar-refractivity contribution in [3.8, 4) is 5.75 Å². The predicted molar refractivity (Wildman–Crippen MR) is 77.1 cm³/mol. The Morgan fingerprint density at radius 3 is 2.50 bits per heavy atom. The van der Waals surface area contributed by atoms with Crippen LogP contribution in [0, 0.1) is 0 Å². The number of ether oxygens (including phenoxy) is 1. The van der Waals surface area contributed by atoms with E-state index >= 15 is 0 Å². The Kier molecular flexibility index (Phi) is 7.46. The Balaban J connectivity index is 2.23. The van der Waals surface area contributed by atoms with E-state index in [0.29, 0.717) is 0 Å². The molecule has 0 bridgehead atoms. The molecule has 0 aliphatic rings. The first-order valence-corrected chi connectivity index (χ1v) is 6.79. The second kappa shape index (κ2) is 8.95. The van der Waals surface area contributed by atoms with Gasteiger partial charge in [0.15, 0.2) is 0 Å². The monoisotopic (exact) mass is 250 g/mol. The summed E-state index contributed by atoms with van der Waals surface area (Å²) in [5.41, 5.74) is 1.30. The predicted octanol–water partition coefficient (Wildman–Crippen LogP) is 2.52. The first-order chi connectivity index (χ1) is 8.72. The maximum Gasteiger partial charge on any atom is 0.119 e. The van der Waals surface area contributed by atoms with E-state index < -0.39 is 0 Å². The Labute approximate surface area is 111 Å². The molecule has 0 fully saturated rings. The van der Waals surface area contributed by atoms with E-state index in [9.17, 15) is 0 Å². The van der Waals surface area contributed by atoms with Gasteiger partial charge in [-0.15, -0.1) is 0 Å². The third-order valence-corrected chi connectivity index (χ3v) is 2.75. The van der Waals surface area contributed by atoms with Gasteiger partial charge in [0, 0.05) is 19.6 Å². The van der Waals surface area contributed by atoms with Crippen LogP contribution in [0.25, 0.3) is 0 Å². The van der Waals surface area contributed by atoms with Crippen LogP contribution in [0.15, 0.2) is 24.3 Å². The zero-order valence-corrected chi connectivity index (χ0v) is 11.9. The molecular formula is C15H26N2O. The highest BCUT2D eigenvalue weighted by Gasteiger charge is 1.96. The van der Waals surface area contributed by atoms with E-state index in [2.05, 4.69) is 55.5 Å². The molecule has 0 atom stereocenters. The summed E-state index contributed by atoms with van der Waals surface area (Å²) in [5, 5.41) is 3.42. The van der Waals surface area contributed by atoms with Crippen molar-refractivity contribution in [3.63, 3.8) is 0 Å². The minimum Gasteiger partial charge on any atom is -0.494 e. The quantitative estimate of drug-likeness (QED) is 0.682. The molecule has 0 amide bonds. The molecule has 3 nitrogen and oxygen atoms in total. The first kappa shape index (κ1) is 15.0. The normalized spacial score (nSPS) is 10.9. The fraction of sp³-hybridized carbons (Fsp3) is 0.600. The van der Waals surface area contributed by atoms with Crippen molar-refractivity contribution in [2.45, 2.75) is 26.3 Å². The summed E-state index contributed by atoms with van der Waals surface area (Å²) >= 11 is 0. The molecule has 1 N–H and O–H groups in total. The number of likely N-dealkylation sites (N-methyl/N-ethyl adjacent to an activating group) is 1. The molecule has 102 valence electrons. The van der Waals surface area contributed by atoms with Gasteiger partial charge in [-0.2, -0.15) is 0 Å². The number of unbranched alkanes of at least 4 members (excludes halogenated alkanes) is 1. The zero-order valence-electron chi connectivity index (χ0n) is 11.9. The molecule has 1 aromatic rings. The lowest BCUT2D eigenvalue weighted by atomic mass is 10.2. The highest BCUT2D eigenvalue weighted by molar-refractivity contribution is 5.27. The molecule has 0 unspecified atom stereocenters. The lowest BCUT2D eigenvalue weighted by molar-refractivity contribution is 0.309. The molecule has 0 aliphatic carbocycles. The molecule has 18 heavy (non-hydrogen) atoms. The van der Waals surface area contributed by atoms with Crippen LogP contribution in [0.2, 0.25) is 0 Å². The SMILES string of the molecule is CCCCOc1ccc(CNCCN(C)C)cc1. The zero-order chi connectivity index (χ0) is 13.2. The Morgan fingerprint density at radius 1 is 1.17 bits per heavy atom. The van der Waals surface area contributed by atoms with Crippen molar-refractivity contribution in [2.75, 3.05) is 33.8 Å². The number of benzene rings is 1. The van der Waals surface area contributed by atoms with Gasteiger partial charge < -0.3 is 15.0 Å². The molecule has 0 heterocycles. The number of hydrogen-bond donors (Lipinski definition) is 1. The molecule has 0 saturated carbocycles. The highest BCUT2D eigenvalue weighted by atomic mass is 16.5. The lowest BCUT2D eigenvalue weighted by Crippen LogP contribution is -2.26. The molecule has 0 spiro atoms. The second-order valence-corrected chi connectivity index (χ2v) is 4.83. The van der Waals surface area contributed by atoms with Crippen LogP contribution in [0.1, 0.15) is 25.3 Å². The molecule has 0 aliphatic heterocycles. The van der Waals surface area contributed by atoms with Crippen LogP contribution in [0.4, 0.5) is 0 Å². The van der Waals surface area contributed by atoms with Gasteiger partial charge >= 0.3 is 0 Å². The van der Waals surface area contributed by atoms with Crippen LogP contribution >= 0.6 is 0 Å². The fourth-order valence-electron chi connectivity index (χ4n) is 1.57. The smallest absolute Gasteiger partial charge is 0.119 e. The Hall–Kier alpha value is -1.06. The maximum atomic E-state index is 5.63. The molecule has 1 aromatic carbocycles. The van der Waals surface area contributed by atoms with Gasteiger partial charge in [0.05, 0.1) is 6.61 Å². The van der Waals surface area contributed by atoms with E-state index in [-0.39, 0.29) is 0 Å². The summed E-state index contributed by atoms with van der Waals surface area (Å²) in [6.07, 6.45) is 2.29. The van der Waals surface area contributed by atoms with Gasteiger partial charge in [0.2, 0.25) is 0 Å². The number of hydrogen-bond acceptors (Lipinski definition) is 3. The third kappa shape index (κ3) is 6.62. The minimum absolute atomic E-state index is 0.816. The average molecular weight is 250 g/mol. The van der Waals surface area contributed by atoms with Gasteiger partial charge in [-0.1, -0.05) is 25.5 Å². The van der Waals surface area contributed by atoms with E-state index in [1.165, 1.54) is 12.0 Å². The van der Waals surface area contributed by atoms with Crippen molar-refractivity contribution < 1.29 is 4.74 Å². The first-order valence-electron chi connectivity index (χ1n) is 6.79. The Bertz CT molecular complexity index is 309. The number of rotatable bonds is 9. The summed E-state index contributed by atoms with van der Waals surface area (Å²) in [6, 6.07) is 8.37. The van der Waals surface area contributed by atoms with Crippen molar-refractivity contribution in [3.05, 3.63) is 29.8 Å². The van der Waals surface area contributed by atoms with Crippen LogP contribution in [-0.4, -0.2) is 38.7 Å². The van der Waals surface area contributed by atoms with Crippen LogP contribution < -0.4 is 10.1 Å². The van der Waals surface area contributed by atoms with Crippen LogP contribution in [0.5, 0.6) is 5.75 Å². The summed E-state index contributed by atoms with van der Waals surface area (Å²) < 4.78 is 5.63. The minimum atomic E-state index is 0.816. The van der Waals surface area contributed by atoms with Gasteiger partial charge in [-0.3, -0.25) is 0 Å². The van der Waals surface area contributed by atoms with E-state index in [0.717, 1.165) is 38.4 Å². The summed E-state index contributed by atoms with van der Waals surface area (Å²) in [6.45, 7) is 5.99. The number of nitrogens with one attached hydrogen (secondary N) is 1. The average Bonchev–Trinajstić information content (AvgIpc) is 2.36. The van der Waals surface area contributed by atoms with E-state index in [4.69, 9.17) is 4.74 Å². The second-order valence-electron chi connectivity index (χ2n) is 4.83. The molecule has 0 saturated heterocycles. The Morgan fingerprint density at radius 2 is 1.89 bits per heavy atom. The standard InChI is InChI=1S/C15H26N2O/c1-4-5-12-18-15-8-6-14(7-9-15)13-16-10-11-17(2)3/h6-9,16H,4-5,10-13H2,1-3H3. The van der Waals surface area contributed by atoms with Crippen LogP contribution in [-0.2, 0) is 6.54 Å². The van der Waals surface area contributed by atoms with Gasteiger partial charge in [-0.25, -0.2) is 0 Å².